The van der Waals surface area contributed by atoms with Crippen molar-refractivity contribution in [1.82, 2.24) is 14.2 Å². The predicted molar refractivity (Wildman–Crippen MR) is 114 cm³/mol. The first-order chi connectivity index (χ1) is 14.4. The molecule has 2 aromatic carbocycles. The molecule has 1 aromatic heterocycles. The van der Waals surface area contributed by atoms with Gasteiger partial charge in [0.1, 0.15) is 4.90 Å². The van der Waals surface area contributed by atoms with Crippen LogP contribution >= 0.6 is 0 Å². The molecule has 0 atom stereocenters. The third-order valence-corrected chi connectivity index (χ3v) is 7.27. The van der Waals surface area contributed by atoms with Gasteiger partial charge in [0.25, 0.3) is 5.69 Å². The van der Waals surface area contributed by atoms with E-state index < -0.39 is 10.0 Å². The summed E-state index contributed by atoms with van der Waals surface area (Å²) in [5, 5.41) is 12.0. The fourth-order valence-electron chi connectivity index (χ4n) is 3.78. The molecule has 9 heteroatoms. The molecule has 4 rings (SSSR count). The number of fused-ring (bicyclic) bond motifs is 1. The number of hydrogen-bond acceptors (Lipinski definition) is 6. The summed E-state index contributed by atoms with van der Waals surface area (Å²) in [7, 11) is -3.68. The monoisotopic (exact) mass is 426 g/mol. The number of sulfonamides is 1. The highest BCUT2D eigenvalue weighted by Crippen LogP contribution is 2.26. The maximum atomic E-state index is 13.3. The number of para-hydroxylation sites is 2. The Hall–Kier alpha value is -2.88. The first kappa shape index (κ1) is 20.4. The first-order valence-electron chi connectivity index (χ1n) is 9.66. The molecule has 3 aromatic rings. The van der Waals surface area contributed by atoms with E-state index in [1.807, 2.05) is 24.0 Å². The van der Waals surface area contributed by atoms with E-state index in [9.17, 15) is 18.5 Å². The number of benzene rings is 2. The molecule has 1 aliphatic heterocycles. The normalized spacial score (nSPS) is 16.0. The van der Waals surface area contributed by atoms with Crippen LogP contribution in [0.25, 0.3) is 10.9 Å². The zero-order valence-corrected chi connectivity index (χ0v) is 17.4. The number of hydrogen-bond donors (Lipinski definition) is 0. The standard InChI is InChI=1S/C21H22N4O4S/c1-16-13-17-6-4-8-20(21(17)22-14-16)30(28,29)24-11-9-23(10-12-24)15-18-5-2-3-7-19(18)25(26)27/h2-8,13-14H,9-12,15H2,1H3. The van der Waals surface area contributed by atoms with Crippen LogP contribution in [0.15, 0.2) is 59.6 Å². The number of rotatable bonds is 5. The van der Waals surface area contributed by atoms with Crippen molar-refractivity contribution in [3.63, 3.8) is 0 Å². The van der Waals surface area contributed by atoms with Gasteiger partial charge in [0.05, 0.1) is 10.4 Å². The number of pyridine rings is 1. The van der Waals surface area contributed by atoms with Crippen LogP contribution in [-0.2, 0) is 16.6 Å². The smallest absolute Gasteiger partial charge is 0.273 e. The zero-order valence-electron chi connectivity index (χ0n) is 16.6. The average Bonchev–Trinajstić information content (AvgIpc) is 2.73. The van der Waals surface area contributed by atoms with Crippen molar-refractivity contribution in [2.24, 2.45) is 0 Å². The summed E-state index contributed by atoms with van der Waals surface area (Å²) in [4.78, 5) is 17.5. The largest absolute Gasteiger partial charge is 0.296 e. The lowest BCUT2D eigenvalue weighted by Gasteiger charge is -2.34. The summed E-state index contributed by atoms with van der Waals surface area (Å²) < 4.78 is 28.0. The minimum atomic E-state index is -3.68. The molecule has 0 unspecified atom stereocenters. The van der Waals surface area contributed by atoms with Crippen LogP contribution < -0.4 is 0 Å². The van der Waals surface area contributed by atoms with Crippen molar-refractivity contribution in [1.29, 1.82) is 0 Å². The molecule has 8 nitrogen and oxygen atoms in total. The topological polar surface area (TPSA) is 96.7 Å². The zero-order chi connectivity index (χ0) is 21.3. The van der Waals surface area contributed by atoms with Crippen molar-refractivity contribution in [3.05, 3.63) is 76.0 Å². The van der Waals surface area contributed by atoms with E-state index in [4.69, 9.17) is 0 Å². The molecule has 2 heterocycles. The highest BCUT2D eigenvalue weighted by atomic mass is 32.2. The number of nitro groups is 1. The van der Waals surface area contributed by atoms with Gasteiger partial charge in [-0.15, -0.1) is 0 Å². The van der Waals surface area contributed by atoms with E-state index >= 15 is 0 Å². The number of nitro benzene ring substituents is 1. The van der Waals surface area contributed by atoms with E-state index in [2.05, 4.69) is 4.98 Å². The third-order valence-electron chi connectivity index (χ3n) is 5.34. The van der Waals surface area contributed by atoms with Crippen molar-refractivity contribution in [2.45, 2.75) is 18.4 Å². The molecule has 30 heavy (non-hydrogen) atoms. The van der Waals surface area contributed by atoms with Gasteiger partial charge in [-0.1, -0.05) is 30.3 Å². The van der Waals surface area contributed by atoms with Crippen molar-refractivity contribution in [3.8, 4) is 0 Å². The number of aryl methyl sites for hydroxylation is 1. The van der Waals surface area contributed by atoms with E-state index in [1.54, 1.807) is 36.5 Å². The summed E-state index contributed by atoms with van der Waals surface area (Å²) in [6.45, 7) is 3.99. The van der Waals surface area contributed by atoms with Crippen LogP contribution in [0.1, 0.15) is 11.1 Å². The molecule has 0 amide bonds. The quantitative estimate of drug-likeness (QED) is 0.460. The Morgan fingerprint density at radius 3 is 2.53 bits per heavy atom. The molecule has 1 fully saturated rings. The second-order valence-corrected chi connectivity index (χ2v) is 9.31. The average molecular weight is 426 g/mol. The van der Waals surface area contributed by atoms with Gasteiger partial charge in [-0.25, -0.2) is 8.42 Å². The summed E-state index contributed by atoms with van der Waals surface area (Å²) in [6, 6.07) is 13.8. The lowest BCUT2D eigenvalue weighted by Crippen LogP contribution is -2.48. The maximum Gasteiger partial charge on any atom is 0.273 e. The molecule has 0 N–H and O–H groups in total. The maximum absolute atomic E-state index is 13.3. The Labute approximate surface area is 175 Å². The molecule has 0 radical (unpaired) electrons. The van der Waals surface area contributed by atoms with Crippen LogP contribution in [0, 0.1) is 17.0 Å². The van der Waals surface area contributed by atoms with Gasteiger partial charge in [-0.2, -0.15) is 4.31 Å². The highest BCUT2D eigenvalue weighted by molar-refractivity contribution is 7.89. The Balaban J connectivity index is 1.51. The summed E-state index contributed by atoms with van der Waals surface area (Å²) in [6.07, 6.45) is 1.67. The SMILES string of the molecule is Cc1cnc2c(S(=O)(=O)N3CCN(Cc4ccccc4[N+](=O)[O-])CC3)cccc2c1. The lowest BCUT2D eigenvalue weighted by molar-refractivity contribution is -0.385. The number of piperazine rings is 1. The second kappa shape index (κ2) is 8.10. The van der Waals surface area contributed by atoms with Crippen LogP contribution in [0.2, 0.25) is 0 Å². The van der Waals surface area contributed by atoms with Gasteiger partial charge in [0.15, 0.2) is 0 Å². The van der Waals surface area contributed by atoms with E-state index in [1.165, 1.54) is 10.4 Å². The molecule has 1 saturated heterocycles. The summed E-state index contributed by atoms with van der Waals surface area (Å²) in [5.74, 6) is 0. The van der Waals surface area contributed by atoms with Gasteiger partial charge in [0, 0.05) is 55.9 Å². The van der Waals surface area contributed by atoms with Crippen LogP contribution in [0.4, 0.5) is 5.69 Å². The van der Waals surface area contributed by atoms with Crippen LogP contribution in [0.5, 0.6) is 0 Å². The van der Waals surface area contributed by atoms with Gasteiger partial charge in [0.2, 0.25) is 10.0 Å². The third kappa shape index (κ3) is 3.91. The summed E-state index contributed by atoms with van der Waals surface area (Å²) >= 11 is 0. The molecule has 0 bridgehead atoms. The Bertz CT molecular complexity index is 1200. The first-order valence-corrected chi connectivity index (χ1v) is 11.1. The van der Waals surface area contributed by atoms with Gasteiger partial charge in [-0.05, 0) is 24.6 Å². The van der Waals surface area contributed by atoms with E-state index in [0.717, 1.165) is 10.9 Å². The highest BCUT2D eigenvalue weighted by Gasteiger charge is 2.30. The van der Waals surface area contributed by atoms with Gasteiger partial charge < -0.3 is 0 Å². The molecule has 156 valence electrons. The fraction of sp³-hybridized carbons (Fsp3) is 0.286. The number of nitrogens with zero attached hydrogens (tertiary/aromatic N) is 4. The van der Waals surface area contributed by atoms with Crippen molar-refractivity contribution >= 4 is 26.6 Å². The minimum absolute atomic E-state index is 0.0877. The predicted octanol–water partition coefficient (Wildman–Crippen LogP) is 2.96. The van der Waals surface area contributed by atoms with Crippen molar-refractivity contribution in [2.75, 3.05) is 26.2 Å². The lowest BCUT2D eigenvalue weighted by atomic mass is 10.1. The molecule has 0 aliphatic carbocycles. The van der Waals surface area contributed by atoms with E-state index in [-0.39, 0.29) is 15.5 Å². The van der Waals surface area contributed by atoms with Gasteiger partial charge in [-0.3, -0.25) is 20.0 Å². The minimum Gasteiger partial charge on any atom is -0.296 e. The fourth-order valence-corrected chi connectivity index (χ4v) is 5.37. The van der Waals surface area contributed by atoms with Crippen LogP contribution in [0.3, 0.4) is 0 Å². The van der Waals surface area contributed by atoms with Crippen molar-refractivity contribution < 1.29 is 13.3 Å². The molecular formula is C21H22N4O4S. The Morgan fingerprint density at radius 1 is 1.07 bits per heavy atom. The molecule has 1 aliphatic rings. The number of aromatic nitrogens is 1. The Morgan fingerprint density at radius 2 is 1.80 bits per heavy atom. The summed E-state index contributed by atoms with van der Waals surface area (Å²) in [5.41, 5.74) is 2.17. The molecule has 0 spiro atoms. The molecule has 0 saturated carbocycles. The Kier molecular flexibility index (Phi) is 5.50. The second-order valence-electron chi connectivity index (χ2n) is 7.41. The van der Waals surface area contributed by atoms with E-state index in [0.29, 0.717) is 43.8 Å². The molecular weight excluding hydrogens is 404 g/mol. The van der Waals surface area contributed by atoms with Gasteiger partial charge >= 0.3 is 0 Å². The van der Waals surface area contributed by atoms with Crippen LogP contribution in [-0.4, -0.2) is 53.7 Å².